The number of ketones is 1. The highest BCUT2D eigenvalue weighted by molar-refractivity contribution is 7.58. The van der Waals surface area contributed by atoms with Crippen molar-refractivity contribution in [2.75, 3.05) is 6.16 Å². The first-order valence-corrected chi connectivity index (χ1v) is 9.40. The minimum absolute atomic E-state index is 0.0460. The van der Waals surface area contributed by atoms with Gasteiger partial charge in [-0.05, 0) is 20.3 Å². The molecule has 24 heavy (non-hydrogen) atoms. The summed E-state index contributed by atoms with van der Waals surface area (Å²) < 4.78 is 11.9. The van der Waals surface area contributed by atoms with E-state index in [0.717, 1.165) is 0 Å². The maximum absolute atomic E-state index is 12.4. The highest BCUT2D eigenvalue weighted by atomic mass is 31.2. The average molecular weight is 366 g/mol. The van der Waals surface area contributed by atoms with Crippen LogP contribution in [0.5, 0.6) is 0 Å². The van der Waals surface area contributed by atoms with Gasteiger partial charge in [0, 0.05) is 0 Å². The van der Waals surface area contributed by atoms with Crippen molar-refractivity contribution in [2.45, 2.75) is 57.0 Å². The third kappa shape index (κ3) is 5.64. The van der Waals surface area contributed by atoms with Gasteiger partial charge in [-0.2, -0.15) is 0 Å². The van der Waals surface area contributed by atoms with Gasteiger partial charge < -0.3 is 32.5 Å². The maximum Gasteiger partial charge on any atom is 0.326 e. The second-order valence-electron chi connectivity index (χ2n) is 5.92. The lowest BCUT2D eigenvalue weighted by Gasteiger charge is -2.30. The zero-order valence-electron chi connectivity index (χ0n) is 14.1. The van der Waals surface area contributed by atoms with Gasteiger partial charge in [-0.25, -0.2) is 4.79 Å². The quantitative estimate of drug-likeness (QED) is 0.197. The molecule has 0 bridgehead atoms. The molecular formula is C13H27N4O6P. The minimum atomic E-state index is -4.01. The number of hydrogen-bond donors (Lipinski definition) is 6. The molecule has 10 nitrogen and oxygen atoms in total. The number of hydrogen-bond acceptors (Lipinski definition) is 7. The summed E-state index contributed by atoms with van der Waals surface area (Å²) in [6.45, 7) is 4.31. The molecule has 0 rings (SSSR count). The van der Waals surface area contributed by atoms with Gasteiger partial charge in [0.25, 0.3) is 0 Å². The van der Waals surface area contributed by atoms with Crippen molar-refractivity contribution in [3.05, 3.63) is 0 Å². The van der Waals surface area contributed by atoms with E-state index in [2.05, 4.69) is 5.32 Å². The number of carboxylic acids is 1. The Balaban J connectivity index is 5.47. The molecule has 0 radical (unpaired) electrons. The topological polar surface area (TPSA) is 199 Å². The summed E-state index contributed by atoms with van der Waals surface area (Å²) in [6.07, 6.45) is -0.450. The van der Waals surface area contributed by atoms with Crippen molar-refractivity contribution >= 4 is 25.0 Å². The lowest BCUT2D eigenvalue weighted by Crippen LogP contribution is -2.65. The molecule has 3 unspecified atom stereocenters. The van der Waals surface area contributed by atoms with Crippen LogP contribution < -0.4 is 22.5 Å². The van der Waals surface area contributed by atoms with Crippen molar-refractivity contribution < 1.29 is 28.9 Å². The lowest BCUT2D eigenvalue weighted by molar-refractivity contribution is -0.144. The van der Waals surface area contributed by atoms with Crippen LogP contribution in [-0.4, -0.2) is 57.2 Å². The predicted molar refractivity (Wildman–Crippen MR) is 88.4 cm³/mol. The summed E-state index contributed by atoms with van der Waals surface area (Å²) in [5, 5.41) is 11.2. The molecule has 0 aliphatic heterocycles. The summed E-state index contributed by atoms with van der Waals surface area (Å²) in [7, 11) is -4.01. The molecule has 0 aliphatic rings. The van der Waals surface area contributed by atoms with E-state index < -0.39 is 54.6 Å². The molecule has 0 aromatic carbocycles. The summed E-state index contributed by atoms with van der Waals surface area (Å²) in [6, 6.07) is -2.73. The molecule has 9 N–H and O–H groups in total. The summed E-state index contributed by atoms with van der Waals surface area (Å²) >= 11 is 0. The van der Waals surface area contributed by atoms with Crippen LogP contribution in [0.25, 0.3) is 0 Å². The molecule has 5 atom stereocenters. The standard InChI is InChI=1S/C13H27N4O6P/c1-4-5-13(16,10(18)7(2)14)12(21)17-9(11(19)20)6-24(22,23)8(3)15/h7-9H,4-6,14-16H2,1-3H3,(H,17,21)(H,19,20)(H,22,23)/t7-,8?,9?,13+/m0/s1. The van der Waals surface area contributed by atoms with Gasteiger partial charge in [-0.1, -0.05) is 13.3 Å². The van der Waals surface area contributed by atoms with E-state index in [-0.39, 0.29) is 6.42 Å². The van der Waals surface area contributed by atoms with Gasteiger partial charge in [0.05, 0.1) is 18.0 Å². The van der Waals surface area contributed by atoms with Gasteiger partial charge in [0.1, 0.15) is 6.04 Å². The number of aliphatic carboxylic acids is 1. The smallest absolute Gasteiger partial charge is 0.326 e. The van der Waals surface area contributed by atoms with Crippen LogP contribution in [0.3, 0.4) is 0 Å². The largest absolute Gasteiger partial charge is 0.480 e. The fourth-order valence-corrected chi connectivity index (χ4v) is 3.15. The molecule has 0 fully saturated rings. The molecule has 1 amide bonds. The first-order valence-electron chi connectivity index (χ1n) is 7.49. The fraction of sp³-hybridized carbons (Fsp3) is 0.769. The molecule has 0 saturated heterocycles. The molecule has 0 heterocycles. The van der Waals surface area contributed by atoms with Crippen LogP contribution in [0.4, 0.5) is 0 Å². The summed E-state index contributed by atoms with van der Waals surface area (Å²) in [5.41, 5.74) is 14.7. The number of carbonyl (C=O) groups excluding carboxylic acids is 2. The molecule has 0 aromatic rings. The lowest BCUT2D eigenvalue weighted by atomic mass is 9.85. The molecule has 0 saturated carbocycles. The Morgan fingerprint density at radius 2 is 1.75 bits per heavy atom. The summed E-state index contributed by atoms with van der Waals surface area (Å²) in [5.74, 6) is -4.50. The first-order chi connectivity index (χ1) is 10.8. The third-order valence-electron chi connectivity index (χ3n) is 3.59. The Bertz CT molecular complexity index is 539. The zero-order valence-corrected chi connectivity index (χ0v) is 15.0. The zero-order chi connectivity index (χ0) is 19.3. The van der Waals surface area contributed by atoms with E-state index in [9.17, 15) is 28.9 Å². The number of carbonyl (C=O) groups is 3. The van der Waals surface area contributed by atoms with Crippen LogP contribution in [0.15, 0.2) is 0 Å². The molecule has 140 valence electrons. The number of nitrogens with one attached hydrogen (secondary N) is 1. The van der Waals surface area contributed by atoms with Crippen molar-refractivity contribution in [3.8, 4) is 0 Å². The number of rotatable bonds is 10. The van der Waals surface area contributed by atoms with Crippen molar-refractivity contribution in [1.29, 1.82) is 0 Å². The molecule has 0 aromatic heterocycles. The van der Waals surface area contributed by atoms with Crippen LogP contribution >= 0.6 is 7.37 Å². The highest BCUT2D eigenvalue weighted by Crippen LogP contribution is 2.44. The van der Waals surface area contributed by atoms with Crippen molar-refractivity contribution in [1.82, 2.24) is 5.32 Å². The molecule has 0 aliphatic carbocycles. The van der Waals surface area contributed by atoms with E-state index in [0.29, 0.717) is 6.42 Å². The van der Waals surface area contributed by atoms with Gasteiger partial charge in [-0.3, -0.25) is 14.2 Å². The van der Waals surface area contributed by atoms with E-state index in [1.807, 2.05) is 0 Å². The van der Waals surface area contributed by atoms with E-state index >= 15 is 0 Å². The molecule has 0 spiro atoms. The number of nitrogens with two attached hydrogens (primary N) is 3. The average Bonchev–Trinajstić information content (AvgIpc) is 2.44. The molecule has 11 heteroatoms. The summed E-state index contributed by atoms with van der Waals surface area (Å²) in [4.78, 5) is 45.6. The van der Waals surface area contributed by atoms with Gasteiger partial charge in [0.15, 0.2) is 11.3 Å². The van der Waals surface area contributed by atoms with Gasteiger partial charge in [-0.15, -0.1) is 0 Å². The second-order valence-corrected chi connectivity index (χ2v) is 8.61. The number of carboxylic acid groups (broad SMARTS) is 1. The first kappa shape index (κ1) is 22.7. The van der Waals surface area contributed by atoms with E-state index in [1.165, 1.54) is 13.8 Å². The van der Waals surface area contributed by atoms with Crippen molar-refractivity contribution in [2.24, 2.45) is 17.2 Å². The van der Waals surface area contributed by atoms with E-state index in [4.69, 9.17) is 17.2 Å². The van der Waals surface area contributed by atoms with Crippen LogP contribution in [0.1, 0.15) is 33.6 Å². The van der Waals surface area contributed by atoms with Crippen LogP contribution in [-0.2, 0) is 18.9 Å². The van der Waals surface area contributed by atoms with E-state index in [1.54, 1.807) is 6.92 Å². The highest BCUT2D eigenvalue weighted by Gasteiger charge is 2.44. The Kier molecular flexibility index (Phi) is 8.20. The second kappa shape index (κ2) is 8.68. The Morgan fingerprint density at radius 1 is 1.25 bits per heavy atom. The maximum atomic E-state index is 12.4. The normalized spacial score (nSPS) is 20.1. The fourth-order valence-electron chi connectivity index (χ4n) is 2.05. The third-order valence-corrected chi connectivity index (χ3v) is 5.75. The Labute approximate surface area is 140 Å². The number of Topliss-reactive ketones (excluding diaryl/α,β-unsaturated/α-hetero) is 1. The Hall–Kier alpha value is -1.32. The van der Waals surface area contributed by atoms with Crippen molar-refractivity contribution in [3.63, 3.8) is 0 Å². The minimum Gasteiger partial charge on any atom is -0.480 e. The van der Waals surface area contributed by atoms with Gasteiger partial charge >= 0.3 is 5.97 Å². The predicted octanol–water partition coefficient (Wildman–Crippen LogP) is -1.46. The Morgan fingerprint density at radius 3 is 2.08 bits per heavy atom. The molecular weight excluding hydrogens is 339 g/mol. The van der Waals surface area contributed by atoms with Crippen LogP contribution in [0, 0.1) is 0 Å². The SMILES string of the molecule is CCC[C@](N)(C(=O)NC(CP(=O)(O)C(C)N)C(=O)O)C(=O)[C@H](C)N. The van der Waals surface area contributed by atoms with Gasteiger partial charge in [0.2, 0.25) is 13.3 Å². The monoisotopic (exact) mass is 366 g/mol. The van der Waals surface area contributed by atoms with Crippen LogP contribution in [0.2, 0.25) is 0 Å². The number of amides is 1.